The normalized spacial score (nSPS) is 14.0. The highest BCUT2D eigenvalue weighted by molar-refractivity contribution is 6.22. The Morgan fingerprint density at radius 3 is 2.21 bits per heavy atom. The molecule has 2 aromatic carbocycles. The molecule has 0 spiro atoms. The van der Waals surface area contributed by atoms with E-state index in [9.17, 15) is 14.4 Å². The quantitative estimate of drug-likeness (QED) is 0.418. The van der Waals surface area contributed by atoms with E-state index in [1.807, 2.05) is 24.3 Å². The van der Waals surface area contributed by atoms with Crippen LogP contribution in [-0.2, 0) is 16.0 Å². The van der Waals surface area contributed by atoms with Gasteiger partial charge >= 0.3 is 5.97 Å². The van der Waals surface area contributed by atoms with E-state index < -0.39 is 23.8 Å². The Morgan fingerprint density at radius 1 is 1.07 bits per heavy atom. The third-order valence-corrected chi connectivity index (χ3v) is 4.69. The van der Waals surface area contributed by atoms with E-state index in [0.29, 0.717) is 23.6 Å². The monoisotopic (exact) mass is 400 g/mol. The second-order valence-corrected chi connectivity index (χ2v) is 6.69. The summed E-state index contributed by atoms with van der Waals surface area (Å²) in [7, 11) is 0. The number of nitrogens with zero attached hydrogens (tertiary/aromatic N) is 1. The number of alkyl halides is 1. The molecule has 1 atom stereocenters. The van der Waals surface area contributed by atoms with Gasteiger partial charge in [-0.2, -0.15) is 0 Å². The summed E-state index contributed by atoms with van der Waals surface area (Å²) in [5.41, 5.74) is 2.33. The van der Waals surface area contributed by atoms with Gasteiger partial charge in [-0.15, -0.1) is 11.6 Å². The van der Waals surface area contributed by atoms with Gasteiger partial charge in [0.15, 0.2) is 0 Å². The lowest BCUT2D eigenvalue weighted by Gasteiger charge is -2.24. The Balaban J connectivity index is 1.85. The lowest BCUT2D eigenvalue weighted by atomic mass is 10.0. The predicted molar refractivity (Wildman–Crippen MR) is 107 cm³/mol. The van der Waals surface area contributed by atoms with Gasteiger partial charge in [-0.25, -0.2) is 4.79 Å². The molecule has 1 aliphatic heterocycles. The maximum Gasteiger partial charge on any atom is 0.329 e. The van der Waals surface area contributed by atoms with Gasteiger partial charge in [0, 0.05) is 24.5 Å². The number of benzene rings is 2. The number of amides is 2. The van der Waals surface area contributed by atoms with Crippen molar-refractivity contribution in [1.82, 2.24) is 4.90 Å². The van der Waals surface area contributed by atoms with Gasteiger partial charge in [-0.05, 0) is 36.8 Å². The van der Waals surface area contributed by atoms with Crippen molar-refractivity contribution >= 4 is 35.1 Å². The third-order valence-electron chi connectivity index (χ3n) is 4.50. The Labute approximate surface area is 168 Å². The Morgan fingerprint density at radius 2 is 1.68 bits per heavy atom. The van der Waals surface area contributed by atoms with Crippen molar-refractivity contribution in [3.8, 4) is 0 Å². The number of anilines is 1. The van der Waals surface area contributed by atoms with Crippen molar-refractivity contribution in [1.29, 1.82) is 0 Å². The fourth-order valence-electron chi connectivity index (χ4n) is 3.18. The van der Waals surface area contributed by atoms with Crippen LogP contribution < -0.4 is 5.32 Å². The number of esters is 1. The molecule has 0 fully saturated rings. The van der Waals surface area contributed by atoms with Crippen LogP contribution in [0.15, 0.2) is 48.5 Å². The average molecular weight is 401 g/mol. The second kappa shape index (κ2) is 8.89. The molecule has 2 amide bonds. The number of carbonyl (C=O) groups is 3. The number of hydrogen-bond acceptors (Lipinski definition) is 5. The lowest BCUT2D eigenvalue weighted by molar-refractivity contribution is -0.147. The molecule has 28 heavy (non-hydrogen) atoms. The third kappa shape index (κ3) is 4.02. The molecule has 0 bridgehead atoms. The standard InChI is InChI=1S/C21H21ClN2O4/c1-2-28-21(27)18(13-14-7-9-15(10-8-14)23-12-11-22)24-19(25)16-5-3-4-6-17(16)20(24)26/h3-10,18,23H,2,11-13H2,1H3/t18-/m0/s1. The minimum atomic E-state index is -1.02. The Kier molecular flexibility index (Phi) is 6.31. The van der Waals surface area contributed by atoms with Crippen LogP contribution in [0.25, 0.3) is 0 Å². The van der Waals surface area contributed by atoms with Crippen LogP contribution in [0, 0.1) is 0 Å². The molecule has 0 saturated heterocycles. The Bertz CT molecular complexity index is 847. The van der Waals surface area contributed by atoms with Gasteiger partial charge in [0.2, 0.25) is 0 Å². The van der Waals surface area contributed by atoms with Gasteiger partial charge in [-0.1, -0.05) is 24.3 Å². The molecule has 0 radical (unpaired) electrons. The van der Waals surface area contributed by atoms with Crippen LogP contribution in [0.5, 0.6) is 0 Å². The molecule has 1 aliphatic rings. The zero-order valence-corrected chi connectivity index (χ0v) is 16.2. The van der Waals surface area contributed by atoms with E-state index >= 15 is 0 Å². The number of rotatable bonds is 8. The second-order valence-electron chi connectivity index (χ2n) is 6.31. The topological polar surface area (TPSA) is 75.7 Å². The Hall–Kier alpha value is -2.86. The summed E-state index contributed by atoms with van der Waals surface area (Å²) in [5, 5.41) is 3.16. The summed E-state index contributed by atoms with van der Waals surface area (Å²) in [6.07, 6.45) is 0.181. The summed E-state index contributed by atoms with van der Waals surface area (Å²) < 4.78 is 5.15. The smallest absolute Gasteiger partial charge is 0.329 e. The van der Waals surface area contributed by atoms with Crippen molar-refractivity contribution in [2.75, 3.05) is 24.3 Å². The summed E-state index contributed by atoms with van der Waals surface area (Å²) in [5.74, 6) is -1.05. The molecule has 2 aromatic rings. The van der Waals surface area contributed by atoms with Crippen molar-refractivity contribution < 1.29 is 19.1 Å². The van der Waals surface area contributed by atoms with Gasteiger partial charge in [-0.3, -0.25) is 14.5 Å². The fourth-order valence-corrected chi connectivity index (χ4v) is 3.28. The minimum absolute atomic E-state index is 0.166. The van der Waals surface area contributed by atoms with Crippen LogP contribution in [0.3, 0.4) is 0 Å². The number of ether oxygens (including phenoxy) is 1. The molecular formula is C21H21ClN2O4. The van der Waals surface area contributed by atoms with E-state index in [1.54, 1.807) is 31.2 Å². The number of imide groups is 1. The van der Waals surface area contributed by atoms with Crippen molar-refractivity contribution in [3.05, 3.63) is 65.2 Å². The van der Waals surface area contributed by atoms with Crippen molar-refractivity contribution in [2.24, 2.45) is 0 Å². The highest BCUT2D eigenvalue weighted by Gasteiger charge is 2.43. The molecule has 1 heterocycles. The molecule has 0 aromatic heterocycles. The van der Waals surface area contributed by atoms with Crippen LogP contribution in [0.2, 0.25) is 0 Å². The fraction of sp³-hybridized carbons (Fsp3) is 0.286. The van der Waals surface area contributed by atoms with Gasteiger partial charge in [0.1, 0.15) is 6.04 Å². The first-order valence-corrected chi connectivity index (χ1v) is 9.62. The minimum Gasteiger partial charge on any atom is -0.464 e. The van der Waals surface area contributed by atoms with Crippen LogP contribution >= 0.6 is 11.6 Å². The van der Waals surface area contributed by atoms with E-state index in [2.05, 4.69) is 5.32 Å². The highest BCUT2D eigenvalue weighted by Crippen LogP contribution is 2.26. The van der Waals surface area contributed by atoms with Gasteiger partial charge in [0.05, 0.1) is 17.7 Å². The van der Waals surface area contributed by atoms with Crippen LogP contribution in [0.1, 0.15) is 33.2 Å². The molecule has 3 rings (SSSR count). The zero-order chi connectivity index (χ0) is 20.1. The molecule has 0 aliphatic carbocycles. The SMILES string of the molecule is CCOC(=O)[C@H](Cc1ccc(NCCCl)cc1)N1C(=O)c2ccccc2C1=O. The van der Waals surface area contributed by atoms with Crippen molar-refractivity contribution in [3.63, 3.8) is 0 Å². The van der Waals surface area contributed by atoms with E-state index in [4.69, 9.17) is 16.3 Å². The average Bonchev–Trinajstić information content (AvgIpc) is 2.96. The van der Waals surface area contributed by atoms with E-state index in [1.165, 1.54) is 0 Å². The number of carbonyl (C=O) groups excluding carboxylic acids is 3. The lowest BCUT2D eigenvalue weighted by Crippen LogP contribution is -2.47. The van der Waals surface area contributed by atoms with Crippen LogP contribution in [-0.4, -0.2) is 47.8 Å². The zero-order valence-electron chi connectivity index (χ0n) is 15.5. The molecule has 7 heteroatoms. The van der Waals surface area contributed by atoms with Crippen LogP contribution in [0.4, 0.5) is 5.69 Å². The molecule has 146 valence electrons. The van der Waals surface area contributed by atoms with E-state index in [-0.39, 0.29) is 13.0 Å². The summed E-state index contributed by atoms with van der Waals surface area (Å²) in [6, 6.07) is 13.0. The molecule has 0 saturated carbocycles. The molecule has 0 unspecified atom stereocenters. The largest absolute Gasteiger partial charge is 0.464 e. The summed E-state index contributed by atoms with van der Waals surface area (Å²) in [6.45, 7) is 2.50. The van der Waals surface area contributed by atoms with Gasteiger partial charge < -0.3 is 10.1 Å². The number of nitrogens with one attached hydrogen (secondary N) is 1. The number of hydrogen-bond donors (Lipinski definition) is 1. The number of halogens is 1. The van der Waals surface area contributed by atoms with E-state index in [0.717, 1.165) is 16.2 Å². The maximum atomic E-state index is 12.8. The maximum absolute atomic E-state index is 12.8. The summed E-state index contributed by atoms with van der Waals surface area (Å²) >= 11 is 5.67. The molecule has 1 N–H and O–H groups in total. The summed E-state index contributed by atoms with van der Waals surface area (Å²) in [4.78, 5) is 39.2. The number of fused-ring (bicyclic) bond motifs is 1. The first-order valence-electron chi connectivity index (χ1n) is 9.09. The first kappa shape index (κ1) is 19.9. The van der Waals surface area contributed by atoms with Gasteiger partial charge in [0.25, 0.3) is 11.8 Å². The highest BCUT2D eigenvalue weighted by atomic mass is 35.5. The molecular weight excluding hydrogens is 380 g/mol. The van der Waals surface area contributed by atoms with Crippen molar-refractivity contribution in [2.45, 2.75) is 19.4 Å². The molecule has 6 nitrogen and oxygen atoms in total. The first-order chi connectivity index (χ1) is 13.6. The predicted octanol–water partition coefficient (Wildman–Crippen LogP) is 3.11.